The quantitative estimate of drug-likeness (QED) is 0.810. The second kappa shape index (κ2) is 6.30. The number of anilines is 2. The Hall–Kier alpha value is -2.83. The number of hydrogen-bond acceptors (Lipinski definition) is 3. The SMILES string of the molecule is O=C(Nc1ccccc1)[C@@H]1CCCN1C(=O)Nc1cn[nH]c1. The first kappa shape index (κ1) is 14.1. The van der Waals surface area contributed by atoms with Crippen molar-refractivity contribution in [3.8, 4) is 0 Å². The summed E-state index contributed by atoms with van der Waals surface area (Å²) in [6.45, 7) is 0.566. The van der Waals surface area contributed by atoms with E-state index < -0.39 is 6.04 Å². The molecule has 7 heteroatoms. The summed E-state index contributed by atoms with van der Waals surface area (Å²) in [5.74, 6) is -0.161. The van der Waals surface area contributed by atoms with Crippen molar-refractivity contribution < 1.29 is 9.59 Å². The fourth-order valence-corrected chi connectivity index (χ4v) is 2.54. The first-order chi connectivity index (χ1) is 10.7. The second-order valence-electron chi connectivity index (χ2n) is 5.12. The molecule has 1 fully saturated rings. The van der Waals surface area contributed by atoms with E-state index in [0.717, 1.165) is 12.1 Å². The maximum absolute atomic E-state index is 12.4. The van der Waals surface area contributed by atoms with E-state index in [1.54, 1.807) is 11.1 Å². The lowest BCUT2D eigenvalue weighted by Gasteiger charge is -2.23. The number of likely N-dealkylation sites (tertiary alicyclic amines) is 1. The summed E-state index contributed by atoms with van der Waals surface area (Å²) < 4.78 is 0. The van der Waals surface area contributed by atoms with E-state index in [1.807, 2.05) is 30.3 Å². The molecule has 2 aromatic rings. The smallest absolute Gasteiger partial charge is 0.322 e. The Morgan fingerprint density at radius 3 is 2.73 bits per heavy atom. The van der Waals surface area contributed by atoms with Crippen molar-refractivity contribution in [1.29, 1.82) is 0 Å². The lowest BCUT2D eigenvalue weighted by Crippen LogP contribution is -2.45. The highest BCUT2D eigenvalue weighted by atomic mass is 16.2. The highest BCUT2D eigenvalue weighted by Crippen LogP contribution is 2.20. The van der Waals surface area contributed by atoms with Crippen LogP contribution in [0.4, 0.5) is 16.2 Å². The molecule has 114 valence electrons. The fourth-order valence-electron chi connectivity index (χ4n) is 2.54. The largest absolute Gasteiger partial charge is 0.324 e. The van der Waals surface area contributed by atoms with E-state index in [0.29, 0.717) is 18.7 Å². The molecule has 3 N–H and O–H groups in total. The number of para-hydroxylation sites is 1. The van der Waals surface area contributed by atoms with Gasteiger partial charge < -0.3 is 15.5 Å². The van der Waals surface area contributed by atoms with Crippen molar-refractivity contribution in [2.45, 2.75) is 18.9 Å². The number of carbonyl (C=O) groups is 2. The van der Waals surface area contributed by atoms with Crippen LogP contribution in [0.1, 0.15) is 12.8 Å². The van der Waals surface area contributed by atoms with Gasteiger partial charge in [-0.2, -0.15) is 5.10 Å². The van der Waals surface area contributed by atoms with Crippen LogP contribution in [0, 0.1) is 0 Å². The number of nitrogens with one attached hydrogen (secondary N) is 3. The summed E-state index contributed by atoms with van der Waals surface area (Å²) in [4.78, 5) is 26.2. The van der Waals surface area contributed by atoms with E-state index in [2.05, 4.69) is 20.8 Å². The summed E-state index contributed by atoms with van der Waals surface area (Å²) in [6, 6.07) is 8.50. The summed E-state index contributed by atoms with van der Waals surface area (Å²) in [5.41, 5.74) is 1.31. The molecule has 1 aromatic heterocycles. The molecule has 3 rings (SSSR count). The highest BCUT2D eigenvalue weighted by Gasteiger charge is 2.34. The van der Waals surface area contributed by atoms with Crippen LogP contribution in [0.3, 0.4) is 0 Å². The molecule has 1 atom stereocenters. The number of rotatable bonds is 3. The van der Waals surface area contributed by atoms with E-state index in [4.69, 9.17) is 0 Å². The third-order valence-corrected chi connectivity index (χ3v) is 3.61. The normalized spacial score (nSPS) is 17.3. The Labute approximate surface area is 127 Å². The van der Waals surface area contributed by atoms with Crippen LogP contribution in [0.2, 0.25) is 0 Å². The number of aromatic nitrogens is 2. The van der Waals surface area contributed by atoms with E-state index >= 15 is 0 Å². The maximum Gasteiger partial charge on any atom is 0.322 e. The zero-order valence-corrected chi connectivity index (χ0v) is 12.0. The number of benzene rings is 1. The Kier molecular flexibility index (Phi) is 4.04. The number of aromatic amines is 1. The summed E-state index contributed by atoms with van der Waals surface area (Å²) in [5, 5.41) is 12.0. The average Bonchev–Trinajstić information content (AvgIpc) is 3.19. The number of hydrogen-bond donors (Lipinski definition) is 3. The Morgan fingerprint density at radius 1 is 1.18 bits per heavy atom. The molecule has 0 radical (unpaired) electrons. The Morgan fingerprint density at radius 2 is 2.00 bits per heavy atom. The molecule has 3 amide bonds. The van der Waals surface area contributed by atoms with Gasteiger partial charge in [-0.15, -0.1) is 0 Å². The van der Waals surface area contributed by atoms with Crippen molar-refractivity contribution in [2.24, 2.45) is 0 Å². The molecule has 1 aliphatic rings. The maximum atomic E-state index is 12.4. The standard InChI is InChI=1S/C15H17N5O2/c21-14(18-11-5-2-1-3-6-11)13-7-4-8-20(13)15(22)19-12-9-16-17-10-12/h1-3,5-6,9-10,13H,4,7-8H2,(H,16,17)(H,18,21)(H,19,22)/t13-/m0/s1. The molecule has 0 saturated carbocycles. The third-order valence-electron chi connectivity index (χ3n) is 3.61. The first-order valence-corrected chi connectivity index (χ1v) is 7.16. The van der Waals surface area contributed by atoms with Crippen LogP contribution in [0.25, 0.3) is 0 Å². The van der Waals surface area contributed by atoms with Gasteiger partial charge in [-0.05, 0) is 25.0 Å². The zero-order valence-electron chi connectivity index (χ0n) is 12.0. The van der Waals surface area contributed by atoms with Gasteiger partial charge in [-0.3, -0.25) is 9.89 Å². The second-order valence-corrected chi connectivity index (χ2v) is 5.12. The van der Waals surface area contributed by atoms with Crippen LogP contribution in [-0.4, -0.2) is 39.6 Å². The lowest BCUT2D eigenvalue weighted by atomic mass is 10.2. The topological polar surface area (TPSA) is 90.1 Å². The average molecular weight is 299 g/mol. The molecule has 0 spiro atoms. The van der Waals surface area contributed by atoms with Crippen molar-refractivity contribution in [3.05, 3.63) is 42.7 Å². The summed E-state index contributed by atoms with van der Waals surface area (Å²) in [6.07, 6.45) is 4.59. The molecule has 1 saturated heterocycles. The molecular formula is C15H17N5O2. The number of amides is 3. The molecule has 2 heterocycles. The molecular weight excluding hydrogens is 282 g/mol. The fraction of sp³-hybridized carbons (Fsp3) is 0.267. The van der Waals surface area contributed by atoms with Gasteiger partial charge >= 0.3 is 6.03 Å². The first-order valence-electron chi connectivity index (χ1n) is 7.16. The Balaban J connectivity index is 1.64. The van der Waals surface area contributed by atoms with Crippen LogP contribution in [0.15, 0.2) is 42.7 Å². The molecule has 0 aliphatic carbocycles. The molecule has 22 heavy (non-hydrogen) atoms. The van der Waals surface area contributed by atoms with Gasteiger partial charge in [0.15, 0.2) is 0 Å². The van der Waals surface area contributed by atoms with Gasteiger partial charge in [0.05, 0.1) is 11.9 Å². The Bertz CT molecular complexity index is 641. The van der Waals surface area contributed by atoms with E-state index in [9.17, 15) is 9.59 Å². The number of nitrogens with zero attached hydrogens (tertiary/aromatic N) is 2. The third kappa shape index (κ3) is 3.08. The van der Waals surface area contributed by atoms with Gasteiger partial charge in [-0.25, -0.2) is 4.79 Å². The van der Waals surface area contributed by atoms with Gasteiger partial charge in [0.2, 0.25) is 5.91 Å². The highest BCUT2D eigenvalue weighted by molar-refractivity contribution is 5.99. The van der Waals surface area contributed by atoms with Gasteiger partial charge in [0, 0.05) is 18.4 Å². The van der Waals surface area contributed by atoms with Gasteiger partial charge in [-0.1, -0.05) is 18.2 Å². The van der Waals surface area contributed by atoms with Gasteiger partial charge in [0.1, 0.15) is 6.04 Å². The summed E-state index contributed by atoms with van der Waals surface area (Å²) >= 11 is 0. The molecule has 7 nitrogen and oxygen atoms in total. The van der Waals surface area contributed by atoms with Crippen LogP contribution < -0.4 is 10.6 Å². The van der Waals surface area contributed by atoms with Crippen LogP contribution in [-0.2, 0) is 4.79 Å². The monoisotopic (exact) mass is 299 g/mol. The molecule has 0 unspecified atom stereocenters. The molecule has 0 bridgehead atoms. The molecule has 1 aromatic carbocycles. The lowest BCUT2D eigenvalue weighted by molar-refractivity contribution is -0.119. The van der Waals surface area contributed by atoms with Crippen LogP contribution in [0.5, 0.6) is 0 Å². The number of urea groups is 1. The van der Waals surface area contributed by atoms with Gasteiger partial charge in [0.25, 0.3) is 0 Å². The minimum Gasteiger partial charge on any atom is -0.324 e. The van der Waals surface area contributed by atoms with E-state index in [-0.39, 0.29) is 11.9 Å². The summed E-state index contributed by atoms with van der Waals surface area (Å²) in [7, 11) is 0. The van der Waals surface area contributed by atoms with Crippen molar-refractivity contribution in [1.82, 2.24) is 15.1 Å². The minimum absolute atomic E-state index is 0.161. The predicted molar refractivity (Wildman–Crippen MR) is 82.4 cm³/mol. The van der Waals surface area contributed by atoms with Crippen molar-refractivity contribution >= 4 is 23.3 Å². The van der Waals surface area contributed by atoms with Crippen LogP contribution >= 0.6 is 0 Å². The molecule has 1 aliphatic heterocycles. The number of H-pyrrole nitrogens is 1. The minimum atomic E-state index is -0.452. The predicted octanol–water partition coefficient (Wildman–Crippen LogP) is 2.04. The van der Waals surface area contributed by atoms with Crippen molar-refractivity contribution in [3.63, 3.8) is 0 Å². The number of carbonyl (C=O) groups excluding carboxylic acids is 2. The van der Waals surface area contributed by atoms with Crippen molar-refractivity contribution in [2.75, 3.05) is 17.2 Å². The zero-order chi connectivity index (χ0) is 15.4. The van der Waals surface area contributed by atoms with E-state index in [1.165, 1.54) is 6.20 Å².